The van der Waals surface area contributed by atoms with Crippen LogP contribution in [0, 0.1) is 0 Å². The van der Waals surface area contributed by atoms with Crippen LogP contribution in [0.5, 0.6) is 0 Å². The van der Waals surface area contributed by atoms with Crippen molar-refractivity contribution in [1.29, 1.82) is 0 Å². The molecular weight excluding hydrogens is 903 g/mol. The quantitative estimate of drug-likeness (QED) is 0.160. The van der Waals surface area contributed by atoms with Crippen LogP contribution >= 0.6 is 0 Å². The fourth-order valence-electron chi connectivity index (χ4n) is 12.3. The first-order valence-electron chi connectivity index (χ1n) is 27.7. The number of hydrogen-bond donors (Lipinski definition) is 0. The molecule has 8 aromatic carbocycles. The maximum Gasteiger partial charge on any atom is 0.0474 e. The smallest absolute Gasteiger partial charge is 0.0474 e. The van der Waals surface area contributed by atoms with E-state index in [1.54, 1.807) is 0 Å². The minimum atomic E-state index is -0.217. The van der Waals surface area contributed by atoms with E-state index >= 15 is 0 Å². The number of fused-ring (bicyclic) bond motifs is 6. The summed E-state index contributed by atoms with van der Waals surface area (Å²) in [5.41, 5.74) is 28.3. The van der Waals surface area contributed by atoms with Crippen LogP contribution in [-0.4, -0.2) is 0 Å². The molecule has 0 radical (unpaired) electrons. The van der Waals surface area contributed by atoms with Crippen molar-refractivity contribution >= 4 is 17.1 Å². The predicted molar refractivity (Wildman–Crippen MR) is 326 cm³/mol. The largest absolute Gasteiger partial charge is 0.310 e. The van der Waals surface area contributed by atoms with Crippen LogP contribution in [0.2, 0.25) is 0 Å². The molecule has 0 heterocycles. The summed E-state index contributed by atoms with van der Waals surface area (Å²) in [4.78, 5) is 2.50. The minimum absolute atomic E-state index is 0.0207. The molecule has 2 aliphatic carbocycles. The van der Waals surface area contributed by atoms with E-state index in [-0.39, 0.29) is 37.9 Å². The molecule has 0 saturated heterocycles. The molecule has 0 atom stereocenters. The van der Waals surface area contributed by atoms with Crippen molar-refractivity contribution in [2.75, 3.05) is 4.90 Å². The fraction of sp³-hybridized carbons (Fsp3) is 0.351. The van der Waals surface area contributed by atoms with E-state index in [0.29, 0.717) is 0 Å². The van der Waals surface area contributed by atoms with Gasteiger partial charge in [0.15, 0.2) is 0 Å². The second kappa shape index (κ2) is 17.6. The van der Waals surface area contributed by atoms with E-state index in [1.165, 1.54) is 106 Å². The summed E-state index contributed by atoms with van der Waals surface area (Å²) in [5.74, 6) is 0. The van der Waals surface area contributed by atoms with Crippen molar-refractivity contribution in [3.05, 3.63) is 208 Å². The first-order chi connectivity index (χ1) is 34.8. The van der Waals surface area contributed by atoms with Crippen LogP contribution < -0.4 is 4.90 Å². The Morgan fingerprint density at radius 3 is 0.880 bits per heavy atom. The van der Waals surface area contributed by atoms with E-state index in [0.717, 1.165) is 17.1 Å². The monoisotopic (exact) mass is 986 g/mol. The molecule has 10 rings (SSSR count). The van der Waals surface area contributed by atoms with E-state index in [1.807, 2.05) is 0 Å². The SMILES string of the molecule is CC(C)(C)c1ccc(-c2ccc(N(c3ccc(C(C)(C)C)cc3)c3cc(-c4ccc5c(c4)C(C)(C)c4cc(C(C)(C)C)ccc4-5)c(C(C)(C)C)c(-c4ccc5c(c4)C(C)(C)c4cc(C(C)(C)C)ccc4-5)c3)cc2)cc1. The molecule has 1 heteroatoms. The fourth-order valence-corrected chi connectivity index (χ4v) is 12.3. The molecule has 0 saturated carbocycles. The number of benzene rings is 8. The third kappa shape index (κ3) is 9.21. The number of hydrogen-bond acceptors (Lipinski definition) is 1. The molecule has 1 nitrogen and oxygen atoms in total. The molecule has 2 aliphatic rings. The van der Waals surface area contributed by atoms with E-state index < -0.39 is 0 Å². The summed E-state index contributed by atoms with van der Waals surface area (Å²) in [7, 11) is 0. The summed E-state index contributed by atoms with van der Waals surface area (Å²) in [6.07, 6.45) is 0. The molecule has 384 valence electrons. The van der Waals surface area contributed by atoms with Gasteiger partial charge in [-0.05, 0) is 181 Å². The molecule has 0 amide bonds. The average molecular weight is 986 g/mol. The Kier molecular flexibility index (Phi) is 12.2. The number of anilines is 3. The van der Waals surface area contributed by atoms with E-state index in [4.69, 9.17) is 0 Å². The Morgan fingerprint density at radius 1 is 0.253 bits per heavy atom. The van der Waals surface area contributed by atoms with Gasteiger partial charge in [0.1, 0.15) is 0 Å². The maximum atomic E-state index is 2.54. The lowest BCUT2D eigenvalue weighted by Gasteiger charge is -2.33. The average Bonchev–Trinajstić information content (AvgIpc) is 3.71. The molecule has 8 aromatic rings. The Balaban J connectivity index is 1.22. The van der Waals surface area contributed by atoms with Gasteiger partial charge < -0.3 is 4.90 Å². The molecule has 75 heavy (non-hydrogen) atoms. The zero-order chi connectivity index (χ0) is 54.2. The van der Waals surface area contributed by atoms with Gasteiger partial charge in [0, 0.05) is 27.9 Å². The first-order valence-corrected chi connectivity index (χ1v) is 27.7. The van der Waals surface area contributed by atoms with Crippen molar-refractivity contribution in [2.45, 2.75) is 169 Å². The molecule has 0 N–H and O–H groups in total. The third-order valence-corrected chi connectivity index (χ3v) is 17.0. The third-order valence-electron chi connectivity index (χ3n) is 17.0. The Bertz CT molecular complexity index is 3350. The molecule has 0 spiro atoms. The minimum Gasteiger partial charge on any atom is -0.310 e. The summed E-state index contributed by atoms with van der Waals surface area (Å²) < 4.78 is 0. The molecule has 0 unspecified atom stereocenters. The number of nitrogens with zero attached hydrogens (tertiary/aromatic N) is 1. The summed E-state index contributed by atoms with van der Waals surface area (Å²) >= 11 is 0. The van der Waals surface area contributed by atoms with Gasteiger partial charge in [0.2, 0.25) is 0 Å². The first kappa shape index (κ1) is 52.0. The number of rotatable bonds is 6. The van der Waals surface area contributed by atoms with Crippen molar-refractivity contribution in [3.63, 3.8) is 0 Å². The van der Waals surface area contributed by atoms with Gasteiger partial charge in [-0.3, -0.25) is 0 Å². The molecule has 0 bridgehead atoms. The van der Waals surface area contributed by atoms with Gasteiger partial charge in [0.25, 0.3) is 0 Å². The van der Waals surface area contributed by atoms with Gasteiger partial charge >= 0.3 is 0 Å². The normalized spacial score (nSPS) is 14.8. The highest BCUT2D eigenvalue weighted by Crippen LogP contribution is 2.55. The predicted octanol–water partition coefficient (Wildman–Crippen LogP) is 21.3. The van der Waals surface area contributed by atoms with Gasteiger partial charge in [-0.15, -0.1) is 0 Å². The Labute approximate surface area is 452 Å². The second-order valence-corrected chi connectivity index (χ2v) is 28.5. The van der Waals surface area contributed by atoms with Gasteiger partial charge in [-0.1, -0.05) is 241 Å². The van der Waals surface area contributed by atoms with Crippen molar-refractivity contribution < 1.29 is 0 Å². The highest BCUT2D eigenvalue weighted by atomic mass is 15.1. The lowest BCUT2D eigenvalue weighted by atomic mass is 9.75. The second-order valence-electron chi connectivity index (χ2n) is 28.5. The summed E-state index contributed by atoms with van der Waals surface area (Å²) in [6, 6.07) is 61.9. The lowest BCUT2D eigenvalue weighted by Crippen LogP contribution is -2.19. The van der Waals surface area contributed by atoms with Crippen LogP contribution in [-0.2, 0) is 37.9 Å². The zero-order valence-electron chi connectivity index (χ0n) is 49.0. The summed E-state index contributed by atoms with van der Waals surface area (Å²) in [5, 5.41) is 0. The van der Waals surface area contributed by atoms with Crippen molar-refractivity contribution in [1.82, 2.24) is 0 Å². The molecular formula is C74H83N. The highest BCUT2D eigenvalue weighted by molar-refractivity contribution is 5.93. The van der Waals surface area contributed by atoms with E-state index in [2.05, 4.69) is 294 Å². The van der Waals surface area contributed by atoms with Gasteiger partial charge in [0.05, 0.1) is 0 Å². The van der Waals surface area contributed by atoms with Crippen LogP contribution in [0.1, 0.15) is 182 Å². The zero-order valence-corrected chi connectivity index (χ0v) is 49.0. The summed E-state index contributed by atoms with van der Waals surface area (Å²) in [6.45, 7) is 44.7. The lowest BCUT2D eigenvalue weighted by molar-refractivity contribution is 0.584. The van der Waals surface area contributed by atoms with Crippen LogP contribution in [0.3, 0.4) is 0 Å². The molecule has 0 aromatic heterocycles. The highest BCUT2D eigenvalue weighted by Gasteiger charge is 2.39. The van der Waals surface area contributed by atoms with E-state index in [9.17, 15) is 0 Å². The van der Waals surface area contributed by atoms with Crippen molar-refractivity contribution in [3.8, 4) is 55.6 Å². The van der Waals surface area contributed by atoms with Crippen molar-refractivity contribution in [2.24, 2.45) is 0 Å². The molecule has 0 fully saturated rings. The maximum absolute atomic E-state index is 2.54. The van der Waals surface area contributed by atoms with Gasteiger partial charge in [-0.25, -0.2) is 0 Å². The molecule has 0 aliphatic heterocycles. The van der Waals surface area contributed by atoms with Crippen LogP contribution in [0.4, 0.5) is 17.1 Å². The van der Waals surface area contributed by atoms with Gasteiger partial charge in [-0.2, -0.15) is 0 Å². The Hall–Kier alpha value is -6.44. The standard InChI is InChI=1S/C74H83N/c1-68(2,3)50-26-20-46(21-27-50)47-22-32-54(33-23-47)75(55-34-28-51(29-35-55)69(4,5)6)56-44-61(48-24-36-57-59-38-30-52(70(7,8)9)42-65(59)73(16,17)63(57)40-48)67(72(13,14)15)62(45-56)49-25-37-58-60-39-31-53(71(10,11)12)43-66(60)74(18,19)64(58)41-49/h20-45H,1-19H3. The van der Waals surface area contributed by atoms with Crippen LogP contribution in [0.25, 0.3) is 55.6 Å². The Morgan fingerprint density at radius 2 is 0.533 bits per heavy atom. The topological polar surface area (TPSA) is 3.24 Å². The van der Waals surface area contributed by atoms with Crippen LogP contribution in [0.15, 0.2) is 158 Å².